The highest BCUT2D eigenvalue weighted by Gasteiger charge is 2.36. The van der Waals surface area contributed by atoms with Crippen molar-refractivity contribution < 1.29 is 19.4 Å². The smallest absolute Gasteiger partial charge is 0.417 e. The van der Waals surface area contributed by atoms with Crippen LogP contribution in [0.25, 0.3) is 0 Å². The largest absolute Gasteiger partial charge is 0.512 e. The van der Waals surface area contributed by atoms with E-state index in [1.807, 2.05) is 13.8 Å². The lowest BCUT2D eigenvalue weighted by Crippen LogP contribution is -2.49. The predicted octanol–water partition coefficient (Wildman–Crippen LogP) is 3.01. The van der Waals surface area contributed by atoms with Gasteiger partial charge in [0.2, 0.25) is 0 Å². The van der Waals surface area contributed by atoms with Crippen LogP contribution in [0.3, 0.4) is 0 Å². The van der Waals surface area contributed by atoms with Crippen molar-refractivity contribution in [1.82, 2.24) is 4.90 Å². The van der Waals surface area contributed by atoms with Crippen LogP contribution in [0, 0.1) is 5.92 Å². The standard InChI is InChI=1S/C14H23NO4/c1-9(2)6-10-7-11(16)8-12(17)15(10)13(18)19-14(3,4)5/h8-10,16H,6-7H2,1-5H3. The Kier molecular flexibility index (Phi) is 4.61. The summed E-state index contributed by atoms with van der Waals surface area (Å²) in [5.74, 6) is -0.173. The van der Waals surface area contributed by atoms with Crippen LogP contribution in [-0.4, -0.2) is 33.6 Å². The number of imide groups is 1. The minimum absolute atomic E-state index is 0.0236. The molecule has 1 unspecified atom stereocenters. The minimum atomic E-state index is -0.650. The number of aliphatic hydroxyl groups excluding tert-OH is 1. The van der Waals surface area contributed by atoms with Gasteiger partial charge in [-0.2, -0.15) is 0 Å². The van der Waals surface area contributed by atoms with E-state index in [9.17, 15) is 14.7 Å². The van der Waals surface area contributed by atoms with Crippen molar-refractivity contribution in [3.8, 4) is 0 Å². The quantitative estimate of drug-likeness (QED) is 0.836. The summed E-state index contributed by atoms with van der Waals surface area (Å²) in [6.45, 7) is 9.28. The highest BCUT2D eigenvalue weighted by atomic mass is 16.6. The van der Waals surface area contributed by atoms with Crippen LogP contribution in [0.1, 0.15) is 47.5 Å². The summed E-state index contributed by atoms with van der Waals surface area (Å²) in [6.07, 6.45) is 1.37. The van der Waals surface area contributed by atoms with Crippen LogP contribution in [0.5, 0.6) is 0 Å². The van der Waals surface area contributed by atoms with E-state index in [0.29, 0.717) is 18.8 Å². The van der Waals surface area contributed by atoms with E-state index in [0.717, 1.165) is 11.0 Å². The van der Waals surface area contributed by atoms with Gasteiger partial charge in [0.05, 0.1) is 11.8 Å². The third-order valence-electron chi connectivity index (χ3n) is 2.67. The van der Waals surface area contributed by atoms with Gasteiger partial charge in [-0.25, -0.2) is 9.69 Å². The summed E-state index contributed by atoms with van der Waals surface area (Å²) in [6, 6.07) is -0.340. The number of amides is 2. The molecule has 1 heterocycles. The fourth-order valence-corrected chi connectivity index (χ4v) is 2.07. The van der Waals surface area contributed by atoms with E-state index in [-0.39, 0.29) is 11.8 Å². The van der Waals surface area contributed by atoms with Gasteiger partial charge in [-0.1, -0.05) is 13.8 Å². The van der Waals surface area contributed by atoms with Crippen LogP contribution < -0.4 is 0 Å². The van der Waals surface area contributed by atoms with Gasteiger partial charge in [-0.15, -0.1) is 0 Å². The second-order valence-corrected chi connectivity index (χ2v) is 6.31. The normalized spacial score (nSPS) is 20.5. The van der Waals surface area contributed by atoms with Gasteiger partial charge in [0, 0.05) is 12.5 Å². The van der Waals surface area contributed by atoms with Crippen LogP contribution in [0.15, 0.2) is 11.8 Å². The Morgan fingerprint density at radius 2 is 2.11 bits per heavy atom. The summed E-state index contributed by atoms with van der Waals surface area (Å²) in [5.41, 5.74) is -0.650. The lowest BCUT2D eigenvalue weighted by atomic mass is 9.96. The molecule has 5 nitrogen and oxygen atoms in total. The number of aliphatic hydroxyl groups is 1. The van der Waals surface area contributed by atoms with Gasteiger partial charge in [0.1, 0.15) is 5.60 Å². The first-order valence-electron chi connectivity index (χ1n) is 6.56. The topological polar surface area (TPSA) is 66.8 Å². The Balaban J connectivity index is 2.92. The Hall–Kier alpha value is -1.52. The monoisotopic (exact) mass is 269 g/mol. The number of carbonyl (C=O) groups excluding carboxylic acids is 2. The molecule has 0 spiro atoms. The lowest BCUT2D eigenvalue weighted by molar-refractivity contribution is -0.128. The summed E-state index contributed by atoms with van der Waals surface area (Å²) in [5, 5.41) is 9.56. The molecule has 2 amide bonds. The first-order valence-corrected chi connectivity index (χ1v) is 6.56. The second-order valence-electron chi connectivity index (χ2n) is 6.31. The maximum atomic E-state index is 12.1. The van der Waals surface area contributed by atoms with Crippen molar-refractivity contribution >= 4 is 12.0 Å². The van der Waals surface area contributed by atoms with Gasteiger partial charge in [-0.05, 0) is 33.1 Å². The Bertz CT molecular complexity index is 393. The van der Waals surface area contributed by atoms with E-state index in [4.69, 9.17) is 4.74 Å². The molecule has 0 aromatic heterocycles. The average molecular weight is 269 g/mol. The van der Waals surface area contributed by atoms with Crippen molar-refractivity contribution in [2.45, 2.75) is 59.1 Å². The SMILES string of the molecule is CC(C)CC1CC(O)=CC(=O)N1C(=O)OC(C)(C)C. The zero-order valence-corrected chi connectivity index (χ0v) is 12.3. The molecule has 0 saturated heterocycles. The number of nitrogens with zero attached hydrogens (tertiary/aromatic N) is 1. The highest BCUT2D eigenvalue weighted by Crippen LogP contribution is 2.25. The van der Waals surface area contributed by atoms with Gasteiger partial charge in [-0.3, -0.25) is 4.79 Å². The van der Waals surface area contributed by atoms with Crippen LogP contribution >= 0.6 is 0 Å². The van der Waals surface area contributed by atoms with E-state index in [2.05, 4.69) is 0 Å². The molecule has 1 atom stereocenters. The fourth-order valence-electron chi connectivity index (χ4n) is 2.07. The maximum Gasteiger partial charge on any atom is 0.417 e. The molecule has 5 heteroatoms. The second kappa shape index (κ2) is 5.63. The van der Waals surface area contributed by atoms with Crippen LogP contribution in [-0.2, 0) is 9.53 Å². The van der Waals surface area contributed by atoms with Crippen molar-refractivity contribution in [1.29, 1.82) is 0 Å². The molecule has 0 aromatic rings. The molecule has 19 heavy (non-hydrogen) atoms. The molecule has 1 rings (SSSR count). The number of carbonyl (C=O) groups is 2. The van der Waals surface area contributed by atoms with Crippen molar-refractivity contribution in [3.05, 3.63) is 11.8 Å². The minimum Gasteiger partial charge on any atom is -0.512 e. The van der Waals surface area contributed by atoms with Gasteiger partial charge >= 0.3 is 6.09 Å². The summed E-state index contributed by atoms with van der Waals surface area (Å²) >= 11 is 0. The van der Waals surface area contributed by atoms with Crippen molar-refractivity contribution in [3.63, 3.8) is 0 Å². The number of hydrogen-bond acceptors (Lipinski definition) is 4. The molecule has 0 saturated carbocycles. The van der Waals surface area contributed by atoms with Crippen molar-refractivity contribution in [2.24, 2.45) is 5.92 Å². The fraction of sp³-hybridized carbons (Fsp3) is 0.714. The molecular weight excluding hydrogens is 246 g/mol. The maximum absolute atomic E-state index is 12.1. The molecule has 0 bridgehead atoms. The Morgan fingerprint density at radius 3 is 2.58 bits per heavy atom. The third-order valence-corrected chi connectivity index (χ3v) is 2.67. The first kappa shape index (κ1) is 15.5. The zero-order valence-electron chi connectivity index (χ0n) is 12.3. The molecule has 0 aromatic carbocycles. The van der Waals surface area contributed by atoms with E-state index in [1.54, 1.807) is 20.8 Å². The highest BCUT2D eigenvalue weighted by molar-refractivity contribution is 6.00. The lowest BCUT2D eigenvalue weighted by Gasteiger charge is -2.34. The predicted molar refractivity (Wildman–Crippen MR) is 71.7 cm³/mol. The Morgan fingerprint density at radius 1 is 1.53 bits per heavy atom. The average Bonchev–Trinajstić information content (AvgIpc) is 2.10. The molecule has 108 valence electrons. The van der Waals surface area contributed by atoms with E-state index < -0.39 is 17.6 Å². The molecule has 1 aliphatic rings. The Labute approximate surface area is 114 Å². The van der Waals surface area contributed by atoms with Gasteiger partial charge in [0.25, 0.3) is 5.91 Å². The van der Waals surface area contributed by atoms with Gasteiger partial charge in [0.15, 0.2) is 0 Å². The summed E-state index contributed by atoms with van der Waals surface area (Å²) in [7, 11) is 0. The van der Waals surface area contributed by atoms with Crippen LogP contribution in [0.4, 0.5) is 4.79 Å². The number of ether oxygens (including phenoxy) is 1. The first-order chi connectivity index (χ1) is 8.60. The van der Waals surface area contributed by atoms with Crippen molar-refractivity contribution in [2.75, 3.05) is 0 Å². The number of hydrogen-bond donors (Lipinski definition) is 1. The molecule has 0 radical (unpaired) electrons. The van der Waals surface area contributed by atoms with Gasteiger partial charge < -0.3 is 9.84 Å². The van der Waals surface area contributed by atoms with Crippen LogP contribution in [0.2, 0.25) is 0 Å². The van der Waals surface area contributed by atoms with E-state index in [1.165, 1.54) is 0 Å². The molecule has 0 aliphatic carbocycles. The number of rotatable bonds is 2. The molecular formula is C14H23NO4. The molecule has 0 fully saturated rings. The summed E-state index contributed by atoms with van der Waals surface area (Å²) < 4.78 is 5.25. The molecule has 1 aliphatic heterocycles. The summed E-state index contributed by atoms with van der Waals surface area (Å²) in [4.78, 5) is 25.1. The zero-order chi connectivity index (χ0) is 14.8. The third kappa shape index (κ3) is 4.58. The molecule has 1 N–H and O–H groups in total. The van der Waals surface area contributed by atoms with E-state index >= 15 is 0 Å².